The van der Waals surface area contributed by atoms with Crippen LogP contribution in [0.2, 0.25) is 18.1 Å². The van der Waals surface area contributed by atoms with Crippen molar-refractivity contribution in [3.05, 3.63) is 0 Å². The number of aliphatic hydroxyl groups excluding tert-OH is 1. The third-order valence-corrected chi connectivity index (χ3v) is 15.3. The van der Waals surface area contributed by atoms with Gasteiger partial charge in [-0.05, 0) is 95.2 Å². The summed E-state index contributed by atoms with van der Waals surface area (Å²) in [5.41, 5.74) is 0. The zero-order valence-electron chi connectivity index (χ0n) is 31.4. The normalized spacial score (nSPS) is 25.0. The summed E-state index contributed by atoms with van der Waals surface area (Å²) in [6.45, 7) is 17.0. The van der Waals surface area contributed by atoms with Crippen molar-refractivity contribution in [2.45, 2.75) is 218 Å². The van der Waals surface area contributed by atoms with E-state index in [0.717, 1.165) is 83.5 Å². The molecule has 2 rings (SSSR count). The number of rotatable bonds is 23. The highest BCUT2D eigenvalue weighted by Gasteiger charge is 2.49. The average molecular weight is 691 g/mol. The van der Waals surface area contributed by atoms with Gasteiger partial charge in [-0.25, -0.2) is 8.78 Å². The van der Waals surface area contributed by atoms with Gasteiger partial charge in [-0.3, -0.25) is 4.79 Å². The zero-order valence-corrected chi connectivity index (χ0v) is 32.4. The van der Waals surface area contributed by atoms with Gasteiger partial charge in [0, 0.05) is 25.9 Å². The molecular weight excluding hydrogens is 618 g/mol. The number of alkyl halides is 2. The molecular formula is C38H72F2O6Si. The molecule has 6 nitrogen and oxygen atoms in total. The molecule has 0 aromatic rings. The first-order valence-corrected chi connectivity index (χ1v) is 22.2. The maximum absolute atomic E-state index is 16.0. The molecule has 2 fully saturated rings. The van der Waals surface area contributed by atoms with E-state index >= 15 is 8.78 Å². The van der Waals surface area contributed by atoms with Crippen molar-refractivity contribution in [1.82, 2.24) is 0 Å². The summed E-state index contributed by atoms with van der Waals surface area (Å²) in [4.78, 5) is 11.8. The van der Waals surface area contributed by atoms with Crippen LogP contribution in [0.5, 0.6) is 0 Å². The topological polar surface area (TPSA) is 74.2 Å². The molecule has 0 radical (unpaired) electrons. The Hall–Kier alpha value is -0.613. The lowest BCUT2D eigenvalue weighted by molar-refractivity contribution is -0.197. The van der Waals surface area contributed by atoms with Crippen molar-refractivity contribution in [2.24, 2.45) is 11.8 Å². The van der Waals surface area contributed by atoms with Gasteiger partial charge in [0.05, 0.1) is 18.3 Å². The van der Waals surface area contributed by atoms with E-state index in [4.69, 9.17) is 18.6 Å². The summed E-state index contributed by atoms with van der Waals surface area (Å²) in [5, 5.41) is 11.1. The number of esters is 1. The van der Waals surface area contributed by atoms with Gasteiger partial charge in [0.2, 0.25) is 0 Å². The van der Waals surface area contributed by atoms with Crippen LogP contribution in [0.1, 0.15) is 164 Å². The third-order valence-electron chi connectivity index (χ3n) is 10.8. The second-order valence-electron chi connectivity index (χ2n) is 16.3. The fourth-order valence-corrected chi connectivity index (χ4v) is 8.34. The molecule has 0 aromatic carbocycles. The van der Waals surface area contributed by atoms with Gasteiger partial charge in [0.1, 0.15) is 6.10 Å². The molecule has 1 heterocycles. The zero-order chi connectivity index (χ0) is 35.1. The van der Waals surface area contributed by atoms with Crippen molar-refractivity contribution < 1.29 is 37.3 Å². The molecule has 1 aliphatic carbocycles. The minimum atomic E-state index is -2.90. The molecule has 0 bridgehead atoms. The number of hydrogen-bond donors (Lipinski definition) is 1. The molecule has 1 saturated carbocycles. The molecule has 5 unspecified atom stereocenters. The summed E-state index contributed by atoms with van der Waals surface area (Å²) in [6.07, 6.45) is 12.6. The molecule has 0 spiro atoms. The number of aliphatic hydroxyl groups is 1. The Kier molecular flexibility index (Phi) is 18.9. The number of carbonyl (C=O) groups is 1. The Morgan fingerprint density at radius 1 is 0.936 bits per heavy atom. The maximum Gasteiger partial charge on any atom is 0.306 e. The van der Waals surface area contributed by atoms with Crippen LogP contribution in [0, 0.1) is 11.8 Å². The predicted molar refractivity (Wildman–Crippen MR) is 189 cm³/mol. The van der Waals surface area contributed by atoms with Crippen LogP contribution in [0.4, 0.5) is 8.78 Å². The van der Waals surface area contributed by atoms with E-state index in [2.05, 4.69) is 40.8 Å². The summed E-state index contributed by atoms with van der Waals surface area (Å²) in [6, 6.07) is 0. The van der Waals surface area contributed by atoms with Gasteiger partial charge in [0.25, 0.3) is 5.92 Å². The lowest BCUT2D eigenvalue weighted by Gasteiger charge is -2.42. The van der Waals surface area contributed by atoms with E-state index in [1.54, 1.807) is 0 Å². The first-order chi connectivity index (χ1) is 22.1. The van der Waals surface area contributed by atoms with Crippen LogP contribution in [0.15, 0.2) is 0 Å². The SMILES string of the molecule is CCCCCCC(F)(F)C(CC[C@H]1C(OC2CCCCO2)CC(O)C1CCCCCCCCC(=O)OC(C)C)O[Si](C)(C)C(C)(C)C. The molecule has 278 valence electrons. The molecule has 47 heavy (non-hydrogen) atoms. The Balaban J connectivity index is 2.07. The molecule has 2 aliphatic rings. The maximum atomic E-state index is 16.0. The highest BCUT2D eigenvalue weighted by atomic mass is 28.4. The Bertz CT molecular complexity index is 858. The van der Waals surface area contributed by atoms with Gasteiger partial charge in [-0.15, -0.1) is 0 Å². The van der Waals surface area contributed by atoms with Gasteiger partial charge in [-0.2, -0.15) is 0 Å². The largest absolute Gasteiger partial charge is 0.463 e. The molecule has 1 N–H and O–H groups in total. The minimum Gasteiger partial charge on any atom is -0.463 e. The smallest absolute Gasteiger partial charge is 0.306 e. The average Bonchev–Trinajstić information content (AvgIpc) is 3.27. The highest BCUT2D eigenvalue weighted by molar-refractivity contribution is 6.74. The Labute approximate surface area is 287 Å². The lowest BCUT2D eigenvalue weighted by atomic mass is 9.84. The first-order valence-electron chi connectivity index (χ1n) is 19.3. The minimum absolute atomic E-state index is 0.0103. The van der Waals surface area contributed by atoms with Crippen LogP contribution in [-0.2, 0) is 23.4 Å². The van der Waals surface area contributed by atoms with Crippen LogP contribution in [0.3, 0.4) is 0 Å². The quantitative estimate of drug-likeness (QED) is 0.0653. The van der Waals surface area contributed by atoms with E-state index in [0.29, 0.717) is 32.3 Å². The monoisotopic (exact) mass is 691 g/mol. The molecule has 0 aromatic heterocycles. The van der Waals surface area contributed by atoms with Crippen molar-refractivity contribution in [1.29, 1.82) is 0 Å². The first kappa shape index (κ1) is 42.6. The number of ether oxygens (including phenoxy) is 3. The fourth-order valence-electron chi connectivity index (χ4n) is 6.98. The fraction of sp³-hybridized carbons (Fsp3) is 0.974. The molecule has 1 aliphatic heterocycles. The number of carbonyl (C=O) groups excluding carboxylic acids is 1. The van der Waals surface area contributed by atoms with Crippen molar-refractivity contribution in [3.63, 3.8) is 0 Å². The lowest BCUT2D eigenvalue weighted by Crippen LogP contribution is -2.49. The number of halogens is 2. The number of unbranched alkanes of at least 4 members (excludes halogenated alkanes) is 8. The highest BCUT2D eigenvalue weighted by Crippen LogP contribution is 2.45. The van der Waals surface area contributed by atoms with Crippen LogP contribution >= 0.6 is 0 Å². The van der Waals surface area contributed by atoms with Crippen molar-refractivity contribution in [2.75, 3.05) is 6.61 Å². The van der Waals surface area contributed by atoms with E-state index in [1.165, 1.54) is 0 Å². The van der Waals surface area contributed by atoms with Crippen molar-refractivity contribution in [3.8, 4) is 0 Å². The van der Waals surface area contributed by atoms with Gasteiger partial charge in [-0.1, -0.05) is 79.1 Å². The van der Waals surface area contributed by atoms with Gasteiger partial charge in [0.15, 0.2) is 14.6 Å². The third kappa shape index (κ3) is 15.4. The van der Waals surface area contributed by atoms with E-state index in [1.807, 2.05) is 13.8 Å². The summed E-state index contributed by atoms with van der Waals surface area (Å²) in [7, 11) is -2.45. The van der Waals surface area contributed by atoms with E-state index in [9.17, 15) is 9.90 Å². The molecule has 0 amide bonds. The van der Waals surface area contributed by atoms with E-state index < -0.39 is 26.4 Å². The van der Waals surface area contributed by atoms with E-state index in [-0.39, 0.29) is 54.2 Å². The van der Waals surface area contributed by atoms with Crippen LogP contribution < -0.4 is 0 Å². The van der Waals surface area contributed by atoms with Gasteiger partial charge >= 0.3 is 5.97 Å². The second-order valence-corrected chi connectivity index (χ2v) is 21.1. The number of hydrogen-bond acceptors (Lipinski definition) is 6. The molecule has 1 saturated heterocycles. The Morgan fingerprint density at radius 3 is 2.21 bits per heavy atom. The van der Waals surface area contributed by atoms with Crippen LogP contribution in [-0.4, -0.2) is 62.6 Å². The Morgan fingerprint density at radius 2 is 1.60 bits per heavy atom. The second kappa shape index (κ2) is 20.9. The summed E-state index contributed by atoms with van der Waals surface area (Å²) in [5.74, 6) is -3.02. The summed E-state index contributed by atoms with van der Waals surface area (Å²) < 4.78 is 56.2. The standard InChI is InChI=1S/C38H72F2O6Si/c1-9-10-11-19-26-38(39,40)34(46-47(7,8)37(4,5)6)25-24-31-30(32(41)28-33(31)45-36-23-18-20-27-43-36)21-16-14-12-13-15-17-22-35(42)44-29(2)3/h29-34,36,41H,9-28H2,1-8H3/t30?,31-,32?,33?,34?,36?/m1/s1. The predicted octanol–water partition coefficient (Wildman–Crippen LogP) is 10.7. The van der Waals surface area contributed by atoms with Crippen molar-refractivity contribution >= 4 is 14.3 Å². The molecule has 6 atom stereocenters. The van der Waals surface area contributed by atoms with Gasteiger partial charge < -0.3 is 23.7 Å². The molecule has 9 heteroatoms. The van der Waals surface area contributed by atoms with Crippen LogP contribution in [0.25, 0.3) is 0 Å². The summed E-state index contributed by atoms with van der Waals surface area (Å²) >= 11 is 0.